The zero-order chi connectivity index (χ0) is 9.54. The van der Waals surface area contributed by atoms with Gasteiger partial charge < -0.3 is 0 Å². The Balaban J connectivity index is 2.57. The molecular formula is C10H5N3O. The molecule has 14 heavy (non-hydrogen) atoms. The summed E-state index contributed by atoms with van der Waals surface area (Å²) in [5.41, 5.74) is 1.32. The minimum absolute atomic E-state index is 0.0382. The number of rotatable bonds is 0. The summed E-state index contributed by atoms with van der Waals surface area (Å²) in [6, 6.07) is 0. The van der Waals surface area contributed by atoms with E-state index in [2.05, 4.69) is 15.0 Å². The highest BCUT2D eigenvalue weighted by Gasteiger charge is 2.19. The number of hydrogen-bond acceptors (Lipinski definition) is 4. The minimum Gasteiger partial charge on any atom is -0.289 e. The second-order valence-electron chi connectivity index (χ2n) is 3.04. The quantitative estimate of drug-likeness (QED) is 0.516. The Labute approximate surface area is 79.0 Å². The van der Waals surface area contributed by atoms with E-state index in [1.165, 1.54) is 12.4 Å². The Morgan fingerprint density at radius 2 is 2.21 bits per heavy atom. The number of hydrogen-bond donors (Lipinski definition) is 0. The third-order valence-electron chi connectivity index (χ3n) is 2.23. The van der Waals surface area contributed by atoms with Gasteiger partial charge in [0, 0.05) is 29.3 Å². The first-order valence-corrected chi connectivity index (χ1v) is 4.17. The Hall–Kier alpha value is -2.10. The Bertz CT molecular complexity index is 610. The van der Waals surface area contributed by atoms with Gasteiger partial charge in [-0.3, -0.25) is 9.79 Å². The first-order valence-electron chi connectivity index (χ1n) is 4.17. The van der Waals surface area contributed by atoms with E-state index in [0.717, 1.165) is 5.22 Å². The fourth-order valence-electron chi connectivity index (χ4n) is 1.59. The molecule has 0 spiro atoms. The third kappa shape index (κ3) is 0.821. The summed E-state index contributed by atoms with van der Waals surface area (Å²) < 4.78 is 0. The van der Waals surface area contributed by atoms with Crippen molar-refractivity contribution < 1.29 is 4.79 Å². The first kappa shape index (κ1) is 7.32. The highest BCUT2D eigenvalue weighted by Crippen LogP contribution is 2.18. The molecule has 4 nitrogen and oxygen atoms in total. The van der Waals surface area contributed by atoms with Gasteiger partial charge in [0.25, 0.3) is 0 Å². The van der Waals surface area contributed by atoms with Crippen LogP contribution in [0.2, 0.25) is 0 Å². The van der Waals surface area contributed by atoms with Crippen molar-refractivity contribution in [1.29, 1.82) is 0 Å². The number of carbonyl (C=O) groups is 1. The van der Waals surface area contributed by atoms with Crippen molar-refractivity contribution in [3.05, 3.63) is 34.7 Å². The average molecular weight is 183 g/mol. The summed E-state index contributed by atoms with van der Waals surface area (Å²) in [5.74, 6) is -0.0382. The van der Waals surface area contributed by atoms with Crippen LogP contribution >= 0.6 is 0 Å². The van der Waals surface area contributed by atoms with E-state index in [4.69, 9.17) is 0 Å². The summed E-state index contributed by atoms with van der Waals surface area (Å²) in [7, 11) is 0. The number of aliphatic imine (C=N–C) groups is 1. The van der Waals surface area contributed by atoms with Gasteiger partial charge in [-0.25, -0.2) is 9.97 Å². The second-order valence-corrected chi connectivity index (χ2v) is 3.04. The SMILES string of the molecule is O=C1C=c2ncncc2=C2N=CC=C12. The van der Waals surface area contributed by atoms with E-state index in [9.17, 15) is 4.79 Å². The van der Waals surface area contributed by atoms with Gasteiger partial charge in [-0.05, 0) is 6.08 Å². The topological polar surface area (TPSA) is 55.2 Å². The Morgan fingerprint density at radius 1 is 1.29 bits per heavy atom. The first-order chi connectivity index (χ1) is 6.86. The van der Waals surface area contributed by atoms with Crippen molar-refractivity contribution in [2.45, 2.75) is 0 Å². The van der Waals surface area contributed by atoms with E-state index in [-0.39, 0.29) is 5.78 Å². The lowest BCUT2D eigenvalue weighted by atomic mass is 10.0. The van der Waals surface area contributed by atoms with Gasteiger partial charge in [0.2, 0.25) is 0 Å². The number of carbonyl (C=O) groups excluding carboxylic acids is 1. The van der Waals surface area contributed by atoms with E-state index in [1.54, 1.807) is 18.5 Å². The van der Waals surface area contributed by atoms with Gasteiger partial charge in [-0.2, -0.15) is 0 Å². The summed E-state index contributed by atoms with van der Waals surface area (Å²) in [6.07, 6.45) is 7.96. The standard InChI is InChI=1S/C10H5N3O/c14-9-3-8-7(4-11-5-13-8)10-6(9)1-2-12-10/h1-5H. The molecule has 2 heterocycles. The molecule has 3 rings (SSSR count). The molecule has 2 aliphatic rings. The highest BCUT2D eigenvalue weighted by molar-refractivity contribution is 6.27. The summed E-state index contributed by atoms with van der Waals surface area (Å²) in [5, 5.41) is 1.48. The summed E-state index contributed by atoms with van der Waals surface area (Å²) >= 11 is 0. The van der Waals surface area contributed by atoms with Crippen molar-refractivity contribution in [3.63, 3.8) is 0 Å². The molecule has 0 radical (unpaired) electrons. The minimum atomic E-state index is -0.0382. The number of nitrogens with zero attached hydrogens (tertiary/aromatic N) is 3. The van der Waals surface area contributed by atoms with Crippen LogP contribution in [0, 0.1) is 0 Å². The van der Waals surface area contributed by atoms with Crippen LogP contribution in [-0.2, 0) is 4.79 Å². The zero-order valence-corrected chi connectivity index (χ0v) is 7.14. The summed E-state index contributed by atoms with van der Waals surface area (Å²) in [4.78, 5) is 23.6. The van der Waals surface area contributed by atoms with Crippen molar-refractivity contribution in [1.82, 2.24) is 9.97 Å². The second kappa shape index (κ2) is 2.45. The molecule has 1 aliphatic carbocycles. The van der Waals surface area contributed by atoms with Gasteiger partial charge in [0.1, 0.15) is 6.33 Å². The van der Waals surface area contributed by atoms with Crippen LogP contribution in [0.25, 0.3) is 11.8 Å². The molecule has 0 aromatic carbocycles. The smallest absolute Gasteiger partial charge is 0.190 e. The van der Waals surface area contributed by atoms with Crippen LogP contribution in [0.4, 0.5) is 0 Å². The van der Waals surface area contributed by atoms with Gasteiger partial charge in [-0.1, -0.05) is 0 Å². The third-order valence-corrected chi connectivity index (χ3v) is 2.23. The number of Topliss-reactive ketones (excluding diaryl/α,β-unsaturated/α-hetero) is 1. The van der Waals surface area contributed by atoms with E-state index >= 15 is 0 Å². The largest absolute Gasteiger partial charge is 0.289 e. The van der Waals surface area contributed by atoms with E-state index in [0.29, 0.717) is 16.6 Å². The maximum absolute atomic E-state index is 11.6. The Kier molecular flexibility index (Phi) is 1.28. The lowest BCUT2D eigenvalue weighted by Crippen LogP contribution is -2.35. The van der Waals surface area contributed by atoms with Crippen LogP contribution in [0.3, 0.4) is 0 Å². The fourth-order valence-corrected chi connectivity index (χ4v) is 1.59. The van der Waals surface area contributed by atoms with E-state index < -0.39 is 0 Å². The monoisotopic (exact) mass is 183 g/mol. The molecule has 1 aromatic heterocycles. The van der Waals surface area contributed by atoms with Crippen LogP contribution < -0.4 is 10.6 Å². The van der Waals surface area contributed by atoms with Crippen LogP contribution in [0.15, 0.2) is 29.2 Å². The normalized spacial score (nSPS) is 17.3. The molecule has 0 unspecified atom stereocenters. The molecular weight excluding hydrogens is 178 g/mol. The predicted molar refractivity (Wildman–Crippen MR) is 50.7 cm³/mol. The van der Waals surface area contributed by atoms with Crippen LogP contribution in [-0.4, -0.2) is 22.0 Å². The van der Waals surface area contributed by atoms with Crippen molar-refractivity contribution in [2.75, 3.05) is 0 Å². The average Bonchev–Trinajstić information content (AvgIpc) is 2.67. The molecule has 0 fully saturated rings. The van der Waals surface area contributed by atoms with Crippen molar-refractivity contribution in [3.8, 4) is 0 Å². The number of fused-ring (bicyclic) bond motifs is 2. The van der Waals surface area contributed by atoms with Gasteiger partial charge in [-0.15, -0.1) is 0 Å². The number of aromatic nitrogens is 2. The molecule has 0 N–H and O–H groups in total. The molecule has 4 heteroatoms. The molecule has 0 amide bonds. The van der Waals surface area contributed by atoms with Gasteiger partial charge in [0.15, 0.2) is 5.78 Å². The van der Waals surface area contributed by atoms with Crippen LogP contribution in [0.5, 0.6) is 0 Å². The number of ketones is 1. The van der Waals surface area contributed by atoms with E-state index in [1.807, 2.05) is 0 Å². The van der Waals surface area contributed by atoms with Gasteiger partial charge >= 0.3 is 0 Å². The van der Waals surface area contributed by atoms with Crippen LogP contribution in [0.1, 0.15) is 0 Å². The zero-order valence-electron chi connectivity index (χ0n) is 7.14. The predicted octanol–water partition coefficient (Wildman–Crippen LogP) is -1.04. The summed E-state index contributed by atoms with van der Waals surface area (Å²) in [6.45, 7) is 0. The molecule has 0 atom stereocenters. The van der Waals surface area contributed by atoms with Crippen molar-refractivity contribution in [2.24, 2.45) is 4.99 Å². The van der Waals surface area contributed by atoms with Gasteiger partial charge in [0.05, 0.1) is 11.0 Å². The lowest BCUT2D eigenvalue weighted by Gasteiger charge is -2.04. The molecule has 0 saturated heterocycles. The molecule has 1 aromatic rings. The number of allylic oxidation sites excluding steroid dienone is 1. The molecule has 0 bridgehead atoms. The maximum Gasteiger partial charge on any atom is 0.190 e. The fraction of sp³-hybridized carbons (Fsp3) is 0. The van der Waals surface area contributed by atoms with Crippen molar-refractivity contribution >= 4 is 23.8 Å². The molecule has 1 aliphatic heterocycles. The molecule has 66 valence electrons. The Morgan fingerprint density at radius 3 is 3.14 bits per heavy atom. The molecule has 0 saturated carbocycles. The maximum atomic E-state index is 11.6. The highest BCUT2D eigenvalue weighted by atomic mass is 16.1. The lowest BCUT2D eigenvalue weighted by molar-refractivity contribution is -0.109.